The van der Waals surface area contributed by atoms with Crippen LogP contribution in [-0.2, 0) is 16.1 Å². The van der Waals surface area contributed by atoms with E-state index in [0.29, 0.717) is 13.1 Å². The first-order chi connectivity index (χ1) is 7.56. The van der Waals surface area contributed by atoms with E-state index in [4.69, 9.17) is 4.74 Å². The van der Waals surface area contributed by atoms with Crippen LogP contribution in [0, 0.1) is 5.41 Å². The average molecular weight is 222 g/mol. The van der Waals surface area contributed by atoms with Crippen LogP contribution >= 0.6 is 0 Å². The summed E-state index contributed by atoms with van der Waals surface area (Å²) in [5, 5.41) is 3.22. The summed E-state index contributed by atoms with van der Waals surface area (Å²) in [5.41, 5.74) is 0.597. The third-order valence-electron chi connectivity index (χ3n) is 2.36. The normalized spacial score (nSPS) is 11.2. The zero-order valence-corrected chi connectivity index (χ0v) is 9.99. The average Bonchev–Trinajstić information content (AvgIpc) is 2.29. The van der Waals surface area contributed by atoms with E-state index in [1.54, 1.807) is 12.4 Å². The van der Waals surface area contributed by atoms with Gasteiger partial charge in [-0.2, -0.15) is 0 Å². The highest BCUT2D eigenvalue weighted by Crippen LogP contribution is 2.15. The first-order valence-electron chi connectivity index (χ1n) is 5.24. The second-order valence-electron chi connectivity index (χ2n) is 4.34. The van der Waals surface area contributed by atoms with Gasteiger partial charge in [0, 0.05) is 25.5 Å². The Bertz CT molecular complexity index is 336. The lowest BCUT2D eigenvalue weighted by atomic mass is 9.94. The first kappa shape index (κ1) is 12.6. The molecule has 0 atom stereocenters. The van der Waals surface area contributed by atoms with Gasteiger partial charge >= 0.3 is 5.97 Å². The molecule has 4 nitrogen and oxygen atoms in total. The summed E-state index contributed by atoms with van der Waals surface area (Å²) in [6.07, 6.45) is 3.54. The van der Waals surface area contributed by atoms with E-state index in [1.807, 2.05) is 26.0 Å². The van der Waals surface area contributed by atoms with E-state index in [-0.39, 0.29) is 5.97 Å². The van der Waals surface area contributed by atoms with Gasteiger partial charge in [0.05, 0.1) is 12.5 Å². The molecular weight excluding hydrogens is 204 g/mol. The van der Waals surface area contributed by atoms with Gasteiger partial charge in [-0.15, -0.1) is 0 Å². The van der Waals surface area contributed by atoms with Crippen LogP contribution in [0.15, 0.2) is 24.5 Å². The number of methoxy groups -OCH3 is 1. The fourth-order valence-corrected chi connectivity index (χ4v) is 1.37. The highest BCUT2D eigenvalue weighted by molar-refractivity contribution is 5.76. The van der Waals surface area contributed by atoms with Gasteiger partial charge < -0.3 is 10.1 Å². The van der Waals surface area contributed by atoms with E-state index < -0.39 is 5.41 Å². The molecule has 1 heterocycles. The van der Waals surface area contributed by atoms with Gasteiger partial charge in [-0.05, 0) is 25.5 Å². The number of carbonyl (C=O) groups is 1. The van der Waals surface area contributed by atoms with E-state index in [2.05, 4.69) is 10.3 Å². The molecule has 1 aromatic rings. The Morgan fingerprint density at radius 2 is 2.31 bits per heavy atom. The maximum atomic E-state index is 11.4. The summed E-state index contributed by atoms with van der Waals surface area (Å²) in [6.45, 7) is 4.99. The van der Waals surface area contributed by atoms with Gasteiger partial charge in [0.25, 0.3) is 0 Å². The fraction of sp³-hybridized carbons (Fsp3) is 0.500. The SMILES string of the molecule is COC(=O)C(C)(C)CNCc1cccnc1. The second-order valence-corrected chi connectivity index (χ2v) is 4.34. The molecule has 0 aliphatic rings. The Morgan fingerprint density at radius 3 is 2.88 bits per heavy atom. The summed E-state index contributed by atoms with van der Waals surface area (Å²) in [5.74, 6) is -0.203. The monoisotopic (exact) mass is 222 g/mol. The van der Waals surface area contributed by atoms with Crippen molar-refractivity contribution in [3.05, 3.63) is 30.1 Å². The molecule has 1 aromatic heterocycles. The standard InChI is InChI=1S/C12H18N2O2/c1-12(2,11(15)16-3)9-14-8-10-5-4-6-13-7-10/h4-7,14H,8-9H2,1-3H3. The molecule has 0 unspecified atom stereocenters. The number of hydrogen-bond acceptors (Lipinski definition) is 4. The second kappa shape index (κ2) is 5.61. The van der Waals surface area contributed by atoms with Crippen molar-refractivity contribution in [1.82, 2.24) is 10.3 Å². The van der Waals surface area contributed by atoms with E-state index in [9.17, 15) is 4.79 Å². The van der Waals surface area contributed by atoms with Crippen LogP contribution in [-0.4, -0.2) is 24.6 Å². The van der Waals surface area contributed by atoms with Crippen molar-refractivity contribution in [3.8, 4) is 0 Å². The van der Waals surface area contributed by atoms with Crippen molar-refractivity contribution >= 4 is 5.97 Å². The molecule has 0 aromatic carbocycles. The molecule has 0 spiro atoms. The number of aromatic nitrogens is 1. The minimum Gasteiger partial charge on any atom is -0.469 e. The van der Waals surface area contributed by atoms with Crippen LogP contribution in [0.1, 0.15) is 19.4 Å². The van der Waals surface area contributed by atoms with Crippen LogP contribution < -0.4 is 5.32 Å². The zero-order valence-electron chi connectivity index (χ0n) is 9.99. The Labute approximate surface area is 96.0 Å². The molecule has 88 valence electrons. The minimum atomic E-state index is -0.503. The van der Waals surface area contributed by atoms with Gasteiger partial charge in [0.15, 0.2) is 0 Å². The van der Waals surface area contributed by atoms with Crippen molar-refractivity contribution in [1.29, 1.82) is 0 Å². The molecule has 0 aliphatic carbocycles. The molecular formula is C12H18N2O2. The fourth-order valence-electron chi connectivity index (χ4n) is 1.37. The number of esters is 1. The number of nitrogens with one attached hydrogen (secondary N) is 1. The van der Waals surface area contributed by atoms with Crippen LogP contribution in [0.4, 0.5) is 0 Å². The predicted octanol–water partition coefficient (Wildman–Crippen LogP) is 1.37. The lowest BCUT2D eigenvalue weighted by Crippen LogP contribution is -2.36. The van der Waals surface area contributed by atoms with Crippen LogP contribution in [0.3, 0.4) is 0 Å². The largest absolute Gasteiger partial charge is 0.469 e. The van der Waals surface area contributed by atoms with Gasteiger partial charge in [-0.25, -0.2) is 0 Å². The molecule has 1 N–H and O–H groups in total. The highest BCUT2D eigenvalue weighted by atomic mass is 16.5. The van der Waals surface area contributed by atoms with Gasteiger partial charge in [-0.1, -0.05) is 6.07 Å². The summed E-state index contributed by atoms with van der Waals surface area (Å²) in [7, 11) is 1.41. The number of carbonyl (C=O) groups excluding carboxylic acids is 1. The number of ether oxygens (including phenoxy) is 1. The van der Waals surface area contributed by atoms with Gasteiger partial charge in [0.1, 0.15) is 0 Å². The van der Waals surface area contributed by atoms with Crippen molar-refractivity contribution < 1.29 is 9.53 Å². The molecule has 0 bridgehead atoms. The van der Waals surface area contributed by atoms with E-state index >= 15 is 0 Å². The number of nitrogens with zero attached hydrogens (tertiary/aromatic N) is 1. The van der Waals surface area contributed by atoms with Crippen molar-refractivity contribution in [2.75, 3.05) is 13.7 Å². The summed E-state index contributed by atoms with van der Waals surface area (Å²) >= 11 is 0. The lowest BCUT2D eigenvalue weighted by molar-refractivity contribution is -0.150. The van der Waals surface area contributed by atoms with E-state index in [1.165, 1.54) is 7.11 Å². The summed E-state index contributed by atoms with van der Waals surface area (Å²) < 4.78 is 4.73. The zero-order chi connectivity index (χ0) is 12.0. The quantitative estimate of drug-likeness (QED) is 0.764. The molecule has 0 amide bonds. The molecule has 0 aliphatic heterocycles. The van der Waals surface area contributed by atoms with Gasteiger partial charge in [0.2, 0.25) is 0 Å². The molecule has 4 heteroatoms. The van der Waals surface area contributed by atoms with Crippen molar-refractivity contribution in [3.63, 3.8) is 0 Å². The van der Waals surface area contributed by atoms with Crippen molar-refractivity contribution in [2.24, 2.45) is 5.41 Å². The Kier molecular flexibility index (Phi) is 4.43. The summed E-state index contributed by atoms with van der Waals surface area (Å²) in [6, 6.07) is 3.88. The van der Waals surface area contributed by atoms with Crippen LogP contribution in [0.2, 0.25) is 0 Å². The molecule has 0 fully saturated rings. The molecule has 0 saturated carbocycles. The molecule has 0 saturated heterocycles. The predicted molar refractivity (Wildman–Crippen MR) is 61.7 cm³/mol. The number of pyridine rings is 1. The van der Waals surface area contributed by atoms with Crippen molar-refractivity contribution in [2.45, 2.75) is 20.4 Å². The Morgan fingerprint density at radius 1 is 1.56 bits per heavy atom. The maximum Gasteiger partial charge on any atom is 0.312 e. The highest BCUT2D eigenvalue weighted by Gasteiger charge is 2.27. The third kappa shape index (κ3) is 3.62. The van der Waals surface area contributed by atoms with Crippen LogP contribution in [0.25, 0.3) is 0 Å². The molecule has 0 radical (unpaired) electrons. The van der Waals surface area contributed by atoms with E-state index in [0.717, 1.165) is 5.56 Å². The molecule has 1 rings (SSSR count). The summed E-state index contributed by atoms with van der Waals surface area (Å²) in [4.78, 5) is 15.4. The Hall–Kier alpha value is -1.42. The smallest absolute Gasteiger partial charge is 0.312 e. The third-order valence-corrected chi connectivity index (χ3v) is 2.36. The number of rotatable bonds is 5. The maximum absolute atomic E-state index is 11.4. The Balaban J connectivity index is 2.38. The van der Waals surface area contributed by atoms with Crippen LogP contribution in [0.5, 0.6) is 0 Å². The molecule has 16 heavy (non-hydrogen) atoms. The van der Waals surface area contributed by atoms with Gasteiger partial charge in [-0.3, -0.25) is 9.78 Å². The first-order valence-corrected chi connectivity index (χ1v) is 5.24. The topological polar surface area (TPSA) is 51.2 Å². The minimum absolute atomic E-state index is 0.203. The lowest BCUT2D eigenvalue weighted by Gasteiger charge is -2.21. The number of hydrogen-bond donors (Lipinski definition) is 1.